The van der Waals surface area contributed by atoms with Crippen molar-refractivity contribution in [2.24, 2.45) is 9.98 Å². The first-order valence-electron chi connectivity index (χ1n) is 21.9. The molecule has 1 unspecified atom stereocenters. The summed E-state index contributed by atoms with van der Waals surface area (Å²) in [6, 6.07) is 71.7. The van der Waals surface area contributed by atoms with Crippen LogP contribution in [0.3, 0.4) is 0 Å². The van der Waals surface area contributed by atoms with Gasteiger partial charge in [-0.15, -0.1) is 0 Å². The van der Waals surface area contributed by atoms with E-state index in [4.69, 9.17) is 14.7 Å². The Bertz CT molecular complexity index is 3180. The second-order valence-corrected chi connectivity index (χ2v) is 16.8. The molecule has 2 aliphatic carbocycles. The average Bonchev–Trinajstić information content (AvgIpc) is 3.65. The Hall–Kier alpha value is -7.82. The van der Waals surface area contributed by atoms with Crippen LogP contribution in [0.1, 0.15) is 51.8 Å². The van der Waals surface area contributed by atoms with Crippen molar-refractivity contribution in [1.82, 2.24) is 4.90 Å². The van der Waals surface area contributed by atoms with Gasteiger partial charge in [-0.2, -0.15) is 0 Å². The largest absolute Gasteiger partial charge is 0.457 e. The average molecular weight is 810 g/mol. The van der Waals surface area contributed by atoms with Crippen molar-refractivity contribution < 1.29 is 4.74 Å². The molecule has 0 amide bonds. The molecule has 0 N–H and O–H groups in total. The van der Waals surface area contributed by atoms with Crippen LogP contribution in [0.5, 0.6) is 11.5 Å². The van der Waals surface area contributed by atoms with E-state index in [9.17, 15) is 0 Å². The smallest absolute Gasteiger partial charge is 0.159 e. The molecule has 63 heavy (non-hydrogen) atoms. The summed E-state index contributed by atoms with van der Waals surface area (Å²) in [6.07, 6.45) is 6.32. The Morgan fingerprint density at radius 3 is 1.83 bits per heavy atom. The highest BCUT2D eigenvalue weighted by Crippen LogP contribution is 2.62. The van der Waals surface area contributed by atoms with Gasteiger partial charge in [-0.25, -0.2) is 9.98 Å². The number of fused-ring (bicyclic) bond motifs is 9. The highest BCUT2D eigenvalue weighted by Gasteiger charge is 2.51. The zero-order chi connectivity index (χ0) is 41.9. The second kappa shape index (κ2) is 15.0. The molecule has 4 aliphatic rings. The van der Waals surface area contributed by atoms with E-state index in [1.165, 1.54) is 39.0 Å². The molecule has 2 heterocycles. The third kappa shape index (κ3) is 5.97. The van der Waals surface area contributed by atoms with Crippen LogP contribution in [0.25, 0.3) is 39.0 Å². The molecule has 300 valence electrons. The maximum Gasteiger partial charge on any atom is 0.159 e. The molecule has 0 bridgehead atoms. The number of hydrogen-bond acceptors (Lipinski definition) is 4. The molecule has 8 aromatic carbocycles. The molecule has 0 radical (unpaired) electrons. The molecule has 4 heteroatoms. The minimum absolute atomic E-state index is 0.251. The van der Waals surface area contributed by atoms with E-state index in [1.807, 2.05) is 0 Å². The van der Waals surface area contributed by atoms with Gasteiger partial charge in [0.25, 0.3) is 0 Å². The zero-order valence-electron chi connectivity index (χ0n) is 34.9. The second-order valence-electron chi connectivity index (χ2n) is 16.8. The molecular weight excluding hydrogens is 767 g/mol. The normalized spacial score (nSPS) is 16.7. The topological polar surface area (TPSA) is 37.2 Å². The van der Waals surface area contributed by atoms with Crippen molar-refractivity contribution in [1.29, 1.82) is 0 Å². The van der Waals surface area contributed by atoms with Gasteiger partial charge in [-0.3, -0.25) is 0 Å². The molecule has 4 nitrogen and oxygen atoms in total. The van der Waals surface area contributed by atoms with E-state index in [0.717, 1.165) is 80.5 Å². The summed E-state index contributed by atoms with van der Waals surface area (Å²) in [6.45, 7) is 0. The van der Waals surface area contributed by atoms with Gasteiger partial charge < -0.3 is 9.64 Å². The lowest BCUT2D eigenvalue weighted by Gasteiger charge is -2.39. The Kier molecular flexibility index (Phi) is 8.79. The lowest BCUT2D eigenvalue weighted by atomic mass is 9.66. The summed E-state index contributed by atoms with van der Waals surface area (Å²) < 4.78 is 6.96. The van der Waals surface area contributed by atoms with Crippen molar-refractivity contribution >= 4 is 17.2 Å². The third-order valence-electron chi connectivity index (χ3n) is 13.3. The standard InChI is InChI=1S/C59H43N3O/c1-62-57(45-25-17-23-42(37-45)40-20-6-3-7-21-40)60-56(44-24-16-22-41(36-44)39-18-4-2-5-19-39)61-58(62)49-29-9-8-26-46(49)43-34-35-53-55(38-43)63-54-33-15-14-32-52(54)59(53)50-30-12-10-27-47(50)48-28-11-13-31-51(48)59/h2-16,18-24,26-38,57H,17,25H2,1H3. The predicted octanol–water partition coefficient (Wildman–Crippen LogP) is 13.8. The number of hydrogen-bond donors (Lipinski definition) is 0. The van der Waals surface area contributed by atoms with E-state index in [-0.39, 0.29) is 6.17 Å². The monoisotopic (exact) mass is 809 g/mol. The van der Waals surface area contributed by atoms with Gasteiger partial charge in [0, 0.05) is 29.3 Å². The minimum atomic E-state index is -0.517. The van der Waals surface area contributed by atoms with E-state index >= 15 is 0 Å². The van der Waals surface area contributed by atoms with Gasteiger partial charge in [-0.05, 0) is 92.3 Å². The molecule has 2 aliphatic heterocycles. The quantitative estimate of drug-likeness (QED) is 0.168. The molecule has 12 rings (SSSR count). The van der Waals surface area contributed by atoms with Gasteiger partial charge >= 0.3 is 0 Å². The van der Waals surface area contributed by atoms with Crippen molar-refractivity contribution in [3.05, 3.63) is 257 Å². The Balaban J connectivity index is 1.01. The first-order chi connectivity index (χ1) is 31.1. The van der Waals surface area contributed by atoms with E-state index < -0.39 is 5.41 Å². The molecule has 0 aromatic heterocycles. The molecule has 1 spiro atoms. The Morgan fingerprint density at radius 2 is 1.08 bits per heavy atom. The van der Waals surface area contributed by atoms with Crippen LogP contribution in [-0.2, 0) is 5.41 Å². The summed E-state index contributed by atoms with van der Waals surface area (Å²) in [5.74, 6) is 3.34. The third-order valence-corrected chi connectivity index (χ3v) is 13.3. The number of allylic oxidation sites excluding steroid dienone is 3. The Morgan fingerprint density at radius 1 is 0.492 bits per heavy atom. The van der Waals surface area contributed by atoms with Crippen LogP contribution in [-0.4, -0.2) is 29.8 Å². The fourth-order valence-corrected chi connectivity index (χ4v) is 10.4. The fourth-order valence-electron chi connectivity index (χ4n) is 10.4. The summed E-state index contributed by atoms with van der Waals surface area (Å²) in [5.41, 5.74) is 17.1. The summed E-state index contributed by atoms with van der Waals surface area (Å²) >= 11 is 0. The summed E-state index contributed by atoms with van der Waals surface area (Å²) in [5, 5.41) is 0. The zero-order valence-corrected chi connectivity index (χ0v) is 34.9. The SMILES string of the molecule is CN1C(c2ccccc2-c2ccc3c(c2)Oc2ccccc2C32c3ccccc3-c3ccccc32)=NC(c2cccc(-c3ccccc3)c2)=NC1C1=CC(c2ccccc2)=CCC1. The van der Waals surface area contributed by atoms with Crippen molar-refractivity contribution in [2.75, 3.05) is 7.05 Å². The number of amidine groups is 2. The number of benzene rings is 8. The molecule has 0 saturated carbocycles. The van der Waals surface area contributed by atoms with E-state index in [0.29, 0.717) is 0 Å². The molecule has 0 fully saturated rings. The van der Waals surface area contributed by atoms with E-state index in [1.54, 1.807) is 0 Å². The number of nitrogens with zero attached hydrogens (tertiary/aromatic N) is 3. The lowest BCUT2D eigenvalue weighted by Crippen LogP contribution is -2.42. The first kappa shape index (κ1) is 37.0. The predicted molar refractivity (Wildman–Crippen MR) is 257 cm³/mol. The molecule has 8 aromatic rings. The maximum atomic E-state index is 6.96. The number of likely N-dealkylation sites (N-methyl/N-ethyl adjacent to an activating group) is 1. The lowest BCUT2D eigenvalue weighted by molar-refractivity contribution is 0.407. The summed E-state index contributed by atoms with van der Waals surface area (Å²) in [7, 11) is 2.15. The van der Waals surface area contributed by atoms with Crippen LogP contribution in [0.15, 0.2) is 228 Å². The summed E-state index contributed by atoms with van der Waals surface area (Å²) in [4.78, 5) is 13.3. The number of aliphatic imine (C=N–C) groups is 2. The first-order valence-corrected chi connectivity index (χ1v) is 21.9. The van der Waals surface area contributed by atoms with Gasteiger partial charge in [-0.1, -0.05) is 194 Å². The highest BCUT2D eigenvalue weighted by atomic mass is 16.5. The van der Waals surface area contributed by atoms with Crippen molar-refractivity contribution in [2.45, 2.75) is 24.4 Å². The number of para-hydroxylation sites is 1. The maximum absolute atomic E-state index is 6.96. The van der Waals surface area contributed by atoms with Gasteiger partial charge in [0.05, 0.1) is 5.41 Å². The van der Waals surface area contributed by atoms with Gasteiger partial charge in [0.2, 0.25) is 0 Å². The van der Waals surface area contributed by atoms with E-state index in [2.05, 4.69) is 224 Å². The minimum Gasteiger partial charge on any atom is -0.457 e. The fraction of sp³-hybridized carbons (Fsp3) is 0.0847. The molecule has 1 atom stereocenters. The van der Waals surface area contributed by atoms with Crippen LogP contribution in [0.2, 0.25) is 0 Å². The van der Waals surface area contributed by atoms with Crippen LogP contribution < -0.4 is 4.74 Å². The van der Waals surface area contributed by atoms with Crippen LogP contribution in [0.4, 0.5) is 0 Å². The van der Waals surface area contributed by atoms with Gasteiger partial charge in [0.15, 0.2) is 5.84 Å². The number of ether oxygens (including phenoxy) is 1. The molecule has 0 saturated heterocycles. The highest BCUT2D eigenvalue weighted by molar-refractivity contribution is 6.15. The number of rotatable bonds is 6. The van der Waals surface area contributed by atoms with Crippen LogP contribution >= 0.6 is 0 Å². The molecular formula is C59H43N3O. The van der Waals surface area contributed by atoms with Crippen molar-refractivity contribution in [3.63, 3.8) is 0 Å². The van der Waals surface area contributed by atoms with Gasteiger partial charge in [0.1, 0.15) is 23.5 Å². The van der Waals surface area contributed by atoms with Crippen LogP contribution in [0, 0.1) is 0 Å². The Labute approximate surface area is 368 Å². The van der Waals surface area contributed by atoms with Crippen molar-refractivity contribution in [3.8, 4) is 44.9 Å².